The van der Waals surface area contributed by atoms with Crippen molar-refractivity contribution in [2.24, 2.45) is 5.92 Å². The molecule has 0 saturated carbocycles. The largest absolute Gasteiger partial charge is 0.288 e. The summed E-state index contributed by atoms with van der Waals surface area (Å²) in [4.78, 5) is 0.382. The molecular formula is C11H14ClF2NO2S2. The van der Waals surface area contributed by atoms with Crippen molar-refractivity contribution in [3.8, 4) is 0 Å². The normalized spacial score (nSPS) is 13.5. The van der Waals surface area contributed by atoms with E-state index >= 15 is 0 Å². The molecule has 19 heavy (non-hydrogen) atoms. The fourth-order valence-corrected chi connectivity index (χ4v) is 3.53. The molecule has 0 amide bonds. The van der Waals surface area contributed by atoms with E-state index in [9.17, 15) is 17.2 Å². The van der Waals surface area contributed by atoms with Gasteiger partial charge < -0.3 is 0 Å². The number of anilines is 1. The molecule has 0 saturated heterocycles. The van der Waals surface area contributed by atoms with Crippen LogP contribution >= 0.6 is 23.4 Å². The minimum atomic E-state index is -3.47. The van der Waals surface area contributed by atoms with Gasteiger partial charge in [0, 0.05) is 16.5 Å². The van der Waals surface area contributed by atoms with Crippen molar-refractivity contribution < 1.29 is 17.2 Å². The summed E-state index contributed by atoms with van der Waals surface area (Å²) < 4.78 is 50.1. The number of nitrogens with one attached hydrogen (secondary N) is 1. The molecule has 0 fully saturated rings. The average Bonchev–Trinajstić information content (AvgIpc) is 2.30. The SMILES string of the molecule is CC(CCl)CS(=O)(=O)Nc1ccc(SC(F)F)cc1. The number of rotatable bonds is 7. The molecule has 1 atom stereocenters. The Morgan fingerprint density at radius 3 is 2.37 bits per heavy atom. The second kappa shape index (κ2) is 7.31. The molecule has 8 heteroatoms. The van der Waals surface area contributed by atoms with Crippen LogP contribution in [-0.2, 0) is 10.0 Å². The minimum Gasteiger partial charge on any atom is -0.284 e. The van der Waals surface area contributed by atoms with E-state index in [4.69, 9.17) is 11.6 Å². The molecule has 3 nitrogen and oxygen atoms in total. The Morgan fingerprint density at radius 2 is 1.89 bits per heavy atom. The Hall–Kier alpha value is -0.530. The molecule has 1 unspecified atom stereocenters. The summed E-state index contributed by atoms with van der Waals surface area (Å²) in [5, 5.41) is 0. The standard InChI is InChI=1S/C11H14ClF2NO2S2/c1-8(6-12)7-19(16,17)15-9-2-4-10(5-3-9)18-11(13)14/h2-5,8,11,15H,6-7H2,1H3. The number of alkyl halides is 3. The number of halogens is 3. The van der Waals surface area contributed by atoms with E-state index in [1.54, 1.807) is 6.92 Å². The monoisotopic (exact) mass is 329 g/mol. The molecule has 1 rings (SSSR count). The smallest absolute Gasteiger partial charge is 0.284 e. The first-order chi connectivity index (χ1) is 8.82. The van der Waals surface area contributed by atoms with Gasteiger partial charge in [-0.3, -0.25) is 4.72 Å². The Morgan fingerprint density at radius 1 is 1.32 bits per heavy atom. The molecule has 0 aliphatic rings. The lowest BCUT2D eigenvalue weighted by atomic mass is 10.3. The Labute approximate surface area is 120 Å². The molecule has 0 bridgehead atoms. The van der Waals surface area contributed by atoms with Crippen LogP contribution in [0.5, 0.6) is 0 Å². The summed E-state index contributed by atoms with van der Waals surface area (Å²) in [6.07, 6.45) is 0. The van der Waals surface area contributed by atoms with Crippen molar-refractivity contribution in [2.45, 2.75) is 17.6 Å². The molecule has 0 heterocycles. The minimum absolute atomic E-state index is 0.0793. The van der Waals surface area contributed by atoms with E-state index in [1.165, 1.54) is 24.3 Å². The predicted octanol–water partition coefficient (Wildman–Crippen LogP) is 3.62. The molecule has 108 valence electrons. The van der Waals surface area contributed by atoms with Crippen LogP contribution in [0.3, 0.4) is 0 Å². The van der Waals surface area contributed by atoms with E-state index in [2.05, 4.69) is 4.72 Å². The molecule has 0 aliphatic heterocycles. The lowest BCUT2D eigenvalue weighted by Crippen LogP contribution is -2.22. The third kappa shape index (κ3) is 6.44. The molecule has 1 N–H and O–H groups in total. The summed E-state index contributed by atoms with van der Waals surface area (Å²) in [5.74, 6) is -2.48. The van der Waals surface area contributed by atoms with Crippen LogP contribution in [0.25, 0.3) is 0 Å². The molecule has 0 spiro atoms. The van der Waals surface area contributed by atoms with Gasteiger partial charge in [-0.25, -0.2) is 8.42 Å². The lowest BCUT2D eigenvalue weighted by molar-refractivity contribution is 0.252. The van der Waals surface area contributed by atoms with Gasteiger partial charge >= 0.3 is 0 Å². The summed E-state index contributed by atoms with van der Waals surface area (Å²) in [6.45, 7) is 1.73. The summed E-state index contributed by atoms with van der Waals surface area (Å²) >= 11 is 5.98. The first-order valence-corrected chi connectivity index (χ1v) is 8.50. The van der Waals surface area contributed by atoms with Crippen molar-refractivity contribution in [3.63, 3.8) is 0 Å². The van der Waals surface area contributed by atoms with Gasteiger partial charge in [-0.2, -0.15) is 8.78 Å². The first kappa shape index (κ1) is 16.5. The van der Waals surface area contributed by atoms with Crippen LogP contribution in [0.1, 0.15) is 6.92 Å². The molecule has 1 aromatic carbocycles. The van der Waals surface area contributed by atoms with E-state index in [0.717, 1.165) is 0 Å². The summed E-state index contributed by atoms with van der Waals surface area (Å²) in [7, 11) is -3.47. The van der Waals surface area contributed by atoms with Crippen LogP contribution in [-0.4, -0.2) is 25.8 Å². The lowest BCUT2D eigenvalue weighted by Gasteiger charge is -2.11. The highest BCUT2D eigenvalue weighted by Crippen LogP contribution is 2.26. The van der Waals surface area contributed by atoms with Crippen LogP contribution in [0.2, 0.25) is 0 Å². The molecule has 0 aliphatic carbocycles. The zero-order valence-electron chi connectivity index (χ0n) is 10.1. The van der Waals surface area contributed by atoms with E-state index < -0.39 is 15.8 Å². The number of hydrogen-bond donors (Lipinski definition) is 1. The van der Waals surface area contributed by atoms with Crippen LogP contribution in [0, 0.1) is 5.92 Å². The van der Waals surface area contributed by atoms with E-state index in [1.807, 2.05) is 0 Å². The van der Waals surface area contributed by atoms with Gasteiger partial charge in [0.1, 0.15) is 0 Å². The van der Waals surface area contributed by atoms with Crippen molar-refractivity contribution in [2.75, 3.05) is 16.4 Å². The Kier molecular flexibility index (Phi) is 6.35. The van der Waals surface area contributed by atoms with E-state index in [0.29, 0.717) is 22.3 Å². The van der Waals surface area contributed by atoms with Crippen molar-refractivity contribution in [1.82, 2.24) is 0 Å². The second-order valence-electron chi connectivity index (χ2n) is 4.05. The van der Waals surface area contributed by atoms with Crippen LogP contribution < -0.4 is 4.72 Å². The molecule has 0 radical (unpaired) electrons. The van der Waals surface area contributed by atoms with Crippen molar-refractivity contribution >= 4 is 39.1 Å². The van der Waals surface area contributed by atoms with Gasteiger partial charge in [-0.05, 0) is 30.2 Å². The highest BCUT2D eigenvalue weighted by atomic mass is 35.5. The predicted molar refractivity (Wildman–Crippen MR) is 75.6 cm³/mol. The average molecular weight is 330 g/mol. The highest BCUT2D eigenvalue weighted by molar-refractivity contribution is 7.99. The number of hydrogen-bond acceptors (Lipinski definition) is 3. The Balaban J connectivity index is 2.67. The van der Waals surface area contributed by atoms with Gasteiger partial charge in [0.15, 0.2) is 0 Å². The first-order valence-electron chi connectivity index (χ1n) is 5.43. The van der Waals surface area contributed by atoms with Gasteiger partial charge in [0.2, 0.25) is 10.0 Å². The van der Waals surface area contributed by atoms with Gasteiger partial charge in [-0.15, -0.1) is 11.6 Å². The van der Waals surface area contributed by atoms with Crippen molar-refractivity contribution in [1.29, 1.82) is 0 Å². The third-order valence-corrected chi connectivity index (χ3v) is 4.92. The molecule has 0 aromatic heterocycles. The second-order valence-corrected chi connectivity index (χ2v) is 7.18. The molecule has 1 aromatic rings. The van der Waals surface area contributed by atoms with Gasteiger partial charge in [0.25, 0.3) is 5.76 Å². The third-order valence-electron chi connectivity index (χ3n) is 2.12. The number of benzene rings is 1. The van der Waals surface area contributed by atoms with E-state index in [-0.39, 0.29) is 17.6 Å². The zero-order chi connectivity index (χ0) is 14.5. The number of thioether (sulfide) groups is 1. The maximum atomic E-state index is 12.1. The van der Waals surface area contributed by atoms with Gasteiger partial charge in [0.05, 0.1) is 5.75 Å². The fraction of sp³-hybridized carbons (Fsp3) is 0.455. The van der Waals surface area contributed by atoms with Crippen LogP contribution in [0.4, 0.5) is 14.5 Å². The topological polar surface area (TPSA) is 46.2 Å². The molecular weight excluding hydrogens is 316 g/mol. The highest BCUT2D eigenvalue weighted by Gasteiger charge is 2.15. The quantitative estimate of drug-likeness (QED) is 0.614. The zero-order valence-corrected chi connectivity index (χ0v) is 12.5. The Bertz CT molecular complexity index is 494. The number of sulfonamides is 1. The van der Waals surface area contributed by atoms with Crippen molar-refractivity contribution in [3.05, 3.63) is 24.3 Å². The maximum Gasteiger partial charge on any atom is 0.288 e. The maximum absolute atomic E-state index is 12.1. The summed E-state index contributed by atoms with van der Waals surface area (Å²) in [5.41, 5.74) is 0.348. The van der Waals surface area contributed by atoms with Crippen LogP contribution in [0.15, 0.2) is 29.2 Å². The van der Waals surface area contributed by atoms with Gasteiger partial charge in [-0.1, -0.05) is 18.7 Å². The fourth-order valence-electron chi connectivity index (χ4n) is 1.34. The summed E-state index contributed by atoms with van der Waals surface area (Å²) in [6, 6.07) is 5.79.